The van der Waals surface area contributed by atoms with E-state index in [1.165, 1.54) is 7.11 Å². The number of nitrogens with zero attached hydrogens (tertiary/aromatic N) is 2. The summed E-state index contributed by atoms with van der Waals surface area (Å²) in [6.45, 7) is 2.57. The number of aliphatic hydroxyl groups is 1. The molecule has 0 amide bonds. The number of carbonyl (C=O) groups is 1. The molecule has 0 saturated heterocycles. The lowest BCUT2D eigenvalue weighted by molar-refractivity contribution is -0.652. The molecule has 0 aliphatic rings. The van der Waals surface area contributed by atoms with Gasteiger partial charge in [-0.3, -0.25) is 0 Å². The molecule has 0 radical (unpaired) electrons. The van der Waals surface area contributed by atoms with E-state index in [2.05, 4.69) is 15.2 Å². The highest BCUT2D eigenvalue weighted by molar-refractivity contribution is 5.89. The zero-order valence-electron chi connectivity index (χ0n) is 15.2. The van der Waals surface area contributed by atoms with Gasteiger partial charge in [0.1, 0.15) is 25.0 Å². The second-order valence-electron chi connectivity index (χ2n) is 6.19. The summed E-state index contributed by atoms with van der Waals surface area (Å²) in [5.41, 5.74) is 2.60. The number of benzene rings is 2. The first-order valence-electron chi connectivity index (χ1n) is 8.44. The van der Waals surface area contributed by atoms with Gasteiger partial charge >= 0.3 is 5.97 Å². The zero-order chi connectivity index (χ0) is 18.7. The molecule has 3 aromatic rings. The maximum absolute atomic E-state index is 11.6. The average molecular weight is 355 g/mol. The number of fused-ring (bicyclic) bond motifs is 1. The summed E-state index contributed by atoms with van der Waals surface area (Å²) in [6, 6.07) is 14.8. The van der Waals surface area contributed by atoms with Gasteiger partial charge in [0.05, 0.1) is 19.7 Å². The number of esters is 1. The highest BCUT2D eigenvalue weighted by atomic mass is 16.5. The van der Waals surface area contributed by atoms with Crippen molar-refractivity contribution in [1.29, 1.82) is 0 Å². The van der Waals surface area contributed by atoms with Crippen molar-refractivity contribution in [2.45, 2.75) is 19.6 Å². The maximum atomic E-state index is 11.6. The summed E-state index contributed by atoms with van der Waals surface area (Å²) >= 11 is 0. The third kappa shape index (κ3) is 3.55. The van der Waals surface area contributed by atoms with Crippen molar-refractivity contribution in [2.75, 3.05) is 13.7 Å². The van der Waals surface area contributed by atoms with Crippen molar-refractivity contribution in [1.82, 2.24) is 4.57 Å². The second kappa shape index (κ2) is 7.58. The first kappa shape index (κ1) is 17.9. The van der Waals surface area contributed by atoms with Gasteiger partial charge in [-0.1, -0.05) is 18.2 Å². The smallest absolute Gasteiger partial charge is 0.337 e. The molecule has 6 heteroatoms. The van der Waals surface area contributed by atoms with Crippen LogP contribution in [0.15, 0.2) is 48.5 Å². The van der Waals surface area contributed by atoms with Crippen LogP contribution in [0.25, 0.3) is 11.0 Å². The normalized spacial score (nSPS) is 12.2. The van der Waals surface area contributed by atoms with Crippen molar-refractivity contribution in [3.63, 3.8) is 0 Å². The molecule has 0 spiro atoms. The Hall–Kier alpha value is -2.86. The van der Waals surface area contributed by atoms with Gasteiger partial charge in [0.25, 0.3) is 5.82 Å². The van der Waals surface area contributed by atoms with Crippen LogP contribution in [-0.2, 0) is 18.3 Å². The molecule has 1 aromatic heterocycles. The Morgan fingerprint density at radius 3 is 2.77 bits per heavy atom. The Bertz CT molecular complexity index is 933. The molecular weight excluding hydrogens is 332 g/mol. The largest absolute Gasteiger partial charge is 0.491 e. The first-order valence-corrected chi connectivity index (χ1v) is 8.44. The summed E-state index contributed by atoms with van der Waals surface area (Å²) in [7, 11) is 3.35. The predicted octanol–water partition coefficient (Wildman–Crippen LogP) is 2.00. The Morgan fingerprint density at radius 1 is 1.23 bits per heavy atom. The van der Waals surface area contributed by atoms with E-state index in [4.69, 9.17) is 9.47 Å². The van der Waals surface area contributed by atoms with Gasteiger partial charge in [0.15, 0.2) is 11.0 Å². The molecule has 1 heterocycles. The van der Waals surface area contributed by atoms with E-state index in [1.807, 2.05) is 32.2 Å². The van der Waals surface area contributed by atoms with Crippen molar-refractivity contribution >= 4 is 17.0 Å². The van der Waals surface area contributed by atoms with Gasteiger partial charge in [-0.05, 0) is 30.3 Å². The van der Waals surface area contributed by atoms with Crippen LogP contribution in [0.1, 0.15) is 16.2 Å². The summed E-state index contributed by atoms with van der Waals surface area (Å²) in [5, 5.41) is 10.4. The Kier molecular flexibility index (Phi) is 5.23. The van der Waals surface area contributed by atoms with Crippen molar-refractivity contribution < 1.29 is 23.9 Å². The number of aryl methyl sites for hydroxylation is 1. The van der Waals surface area contributed by atoms with Crippen LogP contribution in [0.5, 0.6) is 5.75 Å². The number of imidazole rings is 1. The minimum atomic E-state index is -0.689. The highest BCUT2D eigenvalue weighted by Crippen LogP contribution is 2.16. The molecule has 3 rings (SSSR count). The summed E-state index contributed by atoms with van der Waals surface area (Å²) in [5.74, 6) is 1.16. The maximum Gasteiger partial charge on any atom is 0.337 e. The second-order valence-corrected chi connectivity index (χ2v) is 6.19. The monoisotopic (exact) mass is 355 g/mol. The van der Waals surface area contributed by atoms with E-state index in [0.717, 1.165) is 16.9 Å². The summed E-state index contributed by atoms with van der Waals surface area (Å²) < 4.78 is 14.5. The SMILES string of the molecule is COC(=O)c1cccc(OC[C@H](O)Cn2c(C)[n+](C)c3ccccc32)c1. The fourth-order valence-corrected chi connectivity index (χ4v) is 3.02. The third-order valence-corrected chi connectivity index (χ3v) is 4.50. The van der Waals surface area contributed by atoms with Crippen LogP contribution in [0.3, 0.4) is 0 Å². The molecule has 0 saturated carbocycles. The lowest BCUT2D eigenvalue weighted by Gasteiger charge is -2.12. The molecule has 26 heavy (non-hydrogen) atoms. The van der Waals surface area contributed by atoms with Crippen LogP contribution in [0.2, 0.25) is 0 Å². The van der Waals surface area contributed by atoms with Crippen LogP contribution < -0.4 is 9.30 Å². The van der Waals surface area contributed by atoms with Crippen LogP contribution in [0, 0.1) is 6.92 Å². The van der Waals surface area contributed by atoms with Gasteiger partial charge < -0.3 is 14.6 Å². The van der Waals surface area contributed by atoms with Crippen molar-refractivity contribution in [3.8, 4) is 5.75 Å². The molecular formula is C20H23N2O4+. The number of methoxy groups -OCH3 is 1. The Labute approximate surface area is 152 Å². The zero-order valence-corrected chi connectivity index (χ0v) is 15.2. The van der Waals surface area contributed by atoms with Gasteiger partial charge in [0.2, 0.25) is 0 Å². The standard InChI is InChI=1S/C20H23N2O4/c1-14-21(2)18-9-4-5-10-19(18)22(14)12-16(23)13-26-17-8-6-7-15(11-17)20(24)25-3/h4-11,16,23H,12-13H2,1-3H3/q+1/t16-/m1/s1. The molecule has 0 aliphatic carbocycles. The summed E-state index contributed by atoms with van der Waals surface area (Å²) in [6.07, 6.45) is -0.689. The quantitative estimate of drug-likeness (QED) is 0.543. The van der Waals surface area contributed by atoms with E-state index in [-0.39, 0.29) is 6.61 Å². The molecule has 1 N–H and O–H groups in total. The van der Waals surface area contributed by atoms with Crippen LogP contribution in [0.4, 0.5) is 0 Å². The van der Waals surface area contributed by atoms with Gasteiger partial charge in [-0.25, -0.2) is 13.9 Å². The predicted molar refractivity (Wildman–Crippen MR) is 97.1 cm³/mol. The van der Waals surface area contributed by atoms with E-state index < -0.39 is 12.1 Å². The van der Waals surface area contributed by atoms with Gasteiger partial charge in [0, 0.05) is 6.92 Å². The van der Waals surface area contributed by atoms with E-state index >= 15 is 0 Å². The number of para-hydroxylation sites is 2. The molecule has 1 atom stereocenters. The van der Waals surface area contributed by atoms with Crippen LogP contribution >= 0.6 is 0 Å². The van der Waals surface area contributed by atoms with E-state index in [9.17, 15) is 9.90 Å². The highest BCUT2D eigenvalue weighted by Gasteiger charge is 2.21. The Morgan fingerprint density at radius 2 is 2.00 bits per heavy atom. The number of hydrogen-bond donors (Lipinski definition) is 1. The molecule has 136 valence electrons. The fraction of sp³-hybridized carbons (Fsp3) is 0.300. The van der Waals surface area contributed by atoms with E-state index in [0.29, 0.717) is 17.9 Å². The van der Waals surface area contributed by atoms with Crippen molar-refractivity contribution in [2.24, 2.45) is 7.05 Å². The minimum Gasteiger partial charge on any atom is -0.491 e. The minimum absolute atomic E-state index is 0.125. The number of carbonyl (C=O) groups excluding carboxylic acids is 1. The van der Waals surface area contributed by atoms with Crippen LogP contribution in [-0.4, -0.2) is 35.5 Å². The lowest BCUT2D eigenvalue weighted by atomic mass is 10.2. The molecule has 0 fully saturated rings. The van der Waals surface area contributed by atoms with Gasteiger partial charge in [-0.2, -0.15) is 0 Å². The first-order chi connectivity index (χ1) is 12.5. The lowest BCUT2D eigenvalue weighted by Crippen LogP contribution is -2.32. The number of aromatic nitrogens is 2. The molecule has 2 aromatic carbocycles. The average Bonchev–Trinajstić information content (AvgIpc) is 2.91. The van der Waals surface area contributed by atoms with Gasteiger partial charge in [-0.15, -0.1) is 0 Å². The number of hydrogen-bond acceptors (Lipinski definition) is 4. The van der Waals surface area contributed by atoms with Crippen molar-refractivity contribution in [3.05, 3.63) is 59.9 Å². The number of aliphatic hydroxyl groups excluding tert-OH is 1. The number of rotatable bonds is 6. The molecule has 6 nitrogen and oxygen atoms in total. The Balaban J connectivity index is 1.70. The topological polar surface area (TPSA) is 64.6 Å². The number of ether oxygens (including phenoxy) is 2. The summed E-state index contributed by atoms with van der Waals surface area (Å²) in [4.78, 5) is 11.6. The fourth-order valence-electron chi connectivity index (χ4n) is 3.02. The molecule has 0 bridgehead atoms. The molecule has 0 unspecified atom stereocenters. The van der Waals surface area contributed by atoms with E-state index in [1.54, 1.807) is 24.3 Å². The molecule has 0 aliphatic heterocycles. The third-order valence-electron chi connectivity index (χ3n) is 4.50.